The Hall–Kier alpha value is -3.22. The third kappa shape index (κ3) is 7.34. The van der Waals surface area contributed by atoms with Gasteiger partial charge in [0.25, 0.3) is 5.91 Å². The molecule has 250 valence electrons. The average molecular weight is 684 g/mol. The van der Waals surface area contributed by atoms with Crippen molar-refractivity contribution in [3.8, 4) is 0 Å². The Kier molecular flexibility index (Phi) is 9.73. The molecule has 2 heterocycles. The molecule has 9 nitrogen and oxygen atoms in total. The largest absolute Gasteiger partial charge is 0.391 e. The number of benzene rings is 2. The van der Waals surface area contributed by atoms with Gasteiger partial charge in [-0.2, -0.15) is 13.2 Å². The zero-order valence-electron chi connectivity index (χ0n) is 26.2. The van der Waals surface area contributed by atoms with Crippen LogP contribution in [-0.2, 0) is 18.4 Å². The first-order chi connectivity index (χ1) is 21.5. The highest BCUT2D eigenvalue weighted by Crippen LogP contribution is 2.39. The number of aliphatic hydroxyl groups excluding tert-OH is 1. The molecule has 2 aromatic carbocycles. The second kappa shape index (κ2) is 13.1. The second-order valence-corrected chi connectivity index (χ2v) is 14.0. The van der Waals surface area contributed by atoms with E-state index < -0.39 is 29.5 Å². The van der Waals surface area contributed by atoms with Crippen molar-refractivity contribution in [2.75, 3.05) is 23.3 Å². The highest BCUT2D eigenvalue weighted by Gasteiger charge is 2.41. The summed E-state index contributed by atoms with van der Waals surface area (Å²) >= 11 is 13.3. The van der Waals surface area contributed by atoms with Gasteiger partial charge >= 0.3 is 6.18 Å². The minimum atomic E-state index is -4.23. The van der Waals surface area contributed by atoms with E-state index in [-0.39, 0.29) is 44.2 Å². The van der Waals surface area contributed by atoms with Gasteiger partial charge in [-0.3, -0.25) is 9.59 Å². The predicted octanol–water partition coefficient (Wildman–Crippen LogP) is 6.71. The van der Waals surface area contributed by atoms with Gasteiger partial charge in [-0.25, -0.2) is 4.98 Å². The van der Waals surface area contributed by atoms with Crippen LogP contribution in [0, 0.1) is 11.3 Å². The third-order valence-corrected chi connectivity index (χ3v) is 9.55. The number of halogens is 5. The van der Waals surface area contributed by atoms with E-state index in [4.69, 9.17) is 28.2 Å². The van der Waals surface area contributed by atoms with Gasteiger partial charge in [0.05, 0.1) is 50.0 Å². The number of carbonyl (C=O) groups is 2. The zero-order valence-corrected chi connectivity index (χ0v) is 27.7. The van der Waals surface area contributed by atoms with E-state index in [1.54, 1.807) is 29.8 Å². The van der Waals surface area contributed by atoms with Crippen LogP contribution in [0.15, 0.2) is 24.3 Å². The number of hydrogen-bond donors (Lipinski definition) is 4. The molecule has 2 fully saturated rings. The SMILES string of the molecule is Cn1c(Nc2c(Cl)ccc(CNC(=O)C(C)(C)C)c2Cl)nc2cc(C(=O)N[C@H]3CC[C@H](C(F)(F)F)CC3)c(N3CCC(O)C3)cc21. The lowest BCUT2D eigenvalue weighted by molar-refractivity contribution is -0.182. The lowest BCUT2D eigenvalue weighted by atomic mass is 9.85. The molecule has 1 atom stereocenters. The lowest BCUT2D eigenvalue weighted by Crippen LogP contribution is -2.40. The molecule has 0 radical (unpaired) electrons. The first-order valence-corrected chi connectivity index (χ1v) is 16.1. The van der Waals surface area contributed by atoms with Crippen molar-refractivity contribution in [2.45, 2.75) is 77.7 Å². The van der Waals surface area contributed by atoms with E-state index in [1.807, 2.05) is 31.7 Å². The van der Waals surface area contributed by atoms with Crippen LogP contribution < -0.4 is 20.9 Å². The fourth-order valence-electron chi connectivity index (χ4n) is 5.97. The molecule has 1 aliphatic heterocycles. The minimum Gasteiger partial charge on any atom is -0.391 e. The Morgan fingerprint density at radius 2 is 1.76 bits per heavy atom. The number of rotatable bonds is 7. The number of anilines is 3. The van der Waals surface area contributed by atoms with Gasteiger partial charge in [-0.15, -0.1) is 0 Å². The molecule has 1 saturated carbocycles. The van der Waals surface area contributed by atoms with Crippen LogP contribution in [0.4, 0.5) is 30.5 Å². The zero-order chi connectivity index (χ0) is 33.6. The smallest absolute Gasteiger partial charge is 0.391 e. The standard InChI is InChI=1S/C32H39Cl2F3N6O3/c1-31(2,3)29(46)38-15-17-5-10-22(33)27(26(17)34)41-30-40-23-13-21(24(14-25(23)42(30)4)43-12-11-20(44)16-43)28(45)39-19-8-6-18(7-9-19)32(35,36)37/h5,10,13-14,18-20,44H,6-9,11-12,15-16H2,1-4H3,(H,38,46)(H,39,45)(H,40,41)/t18-,19-,20?. The van der Waals surface area contributed by atoms with E-state index in [1.165, 1.54) is 0 Å². The Morgan fingerprint density at radius 1 is 1.07 bits per heavy atom. The summed E-state index contributed by atoms with van der Waals surface area (Å²) < 4.78 is 41.3. The highest BCUT2D eigenvalue weighted by molar-refractivity contribution is 6.39. The summed E-state index contributed by atoms with van der Waals surface area (Å²) in [4.78, 5) is 32.7. The number of fused-ring (bicyclic) bond motifs is 1. The molecule has 1 unspecified atom stereocenters. The summed E-state index contributed by atoms with van der Waals surface area (Å²) in [6.45, 7) is 6.54. The molecular weight excluding hydrogens is 644 g/mol. The molecule has 14 heteroatoms. The molecule has 1 saturated heterocycles. The molecule has 46 heavy (non-hydrogen) atoms. The Balaban J connectivity index is 1.43. The highest BCUT2D eigenvalue weighted by atomic mass is 35.5. The number of amides is 2. The summed E-state index contributed by atoms with van der Waals surface area (Å²) in [5, 5.41) is 20.0. The van der Waals surface area contributed by atoms with Gasteiger partial charge in [0.2, 0.25) is 11.9 Å². The van der Waals surface area contributed by atoms with Crippen molar-refractivity contribution in [3.05, 3.63) is 45.4 Å². The van der Waals surface area contributed by atoms with E-state index >= 15 is 0 Å². The van der Waals surface area contributed by atoms with Gasteiger partial charge in [0.15, 0.2) is 0 Å². The van der Waals surface area contributed by atoms with Crippen molar-refractivity contribution in [2.24, 2.45) is 18.4 Å². The molecule has 4 N–H and O–H groups in total. The van der Waals surface area contributed by atoms with Crippen molar-refractivity contribution < 1.29 is 27.9 Å². The molecule has 3 aromatic rings. The summed E-state index contributed by atoms with van der Waals surface area (Å²) in [7, 11) is 1.80. The normalized spacial score (nSPS) is 20.7. The number of aryl methyl sites for hydroxylation is 1. The van der Waals surface area contributed by atoms with E-state index in [9.17, 15) is 27.9 Å². The van der Waals surface area contributed by atoms with Crippen LogP contribution in [0.2, 0.25) is 10.0 Å². The maximum absolute atomic E-state index is 13.6. The van der Waals surface area contributed by atoms with E-state index in [0.29, 0.717) is 69.0 Å². The van der Waals surface area contributed by atoms with E-state index in [0.717, 1.165) is 0 Å². The number of β-amino-alcohol motifs (C(OH)–C–C–N with tert-alkyl or cyclic N) is 1. The lowest BCUT2D eigenvalue weighted by Gasteiger charge is -2.30. The van der Waals surface area contributed by atoms with Crippen LogP contribution in [0.1, 0.15) is 68.8 Å². The van der Waals surface area contributed by atoms with Crippen LogP contribution in [0.3, 0.4) is 0 Å². The van der Waals surface area contributed by atoms with Crippen molar-refractivity contribution >= 4 is 63.4 Å². The summed E-state index contributed by atoms with van der Waals surface area (Å²) in [5.74, 6) is -1.48. The van der Waals surface area contributed by atoms with Crippen molar-refractivity contribution in [3.63, 3.8) is 0 Å². The number of alkyl halides is 3. The first kappa shape index (κ1) is 34.1. The monoisotopic (exact) mass is 682 g/mol. The maximum Gasteiger partial charge on any atom is 0.391 e. The number of aliphatic hydroxyl groups is 1. The molecule has 1 aromatic heterocycles. The van der Waals surface area contributed by atoms with Gasteiger partial charge in [-0.05, 0) is 55.9 Å². The number of nitrogens with zero attached hydrogens (tertiary/aromatic N) is 3. The number of carbonyl (C=O) groups excluding carboxylic acids is 2. The summed E-state index contributed by atoms with van der Waals surface area (Å²) in [6.07, 6.45) is -3.79. The fourth-order valence-corrected chi connectivity index (χ4v) is 6.50. The summed E-state index contributed by atoms with van der Waals surface area (Å²) in [6, 6.07) is 6.55. The number of imidazole rings is 1. The Labute approximate surface area is 275 Å². The van der Waals surface area contributed by atoms with Crippen LogP contribution in [0.25, 0.3) is 11.0 Å². The van der Waals surface area contributed by atoms with Crippen LogP contribution >= 0.6 is 23.2 Å². The van der Waals surface area contributed by atoms with Crippen LogP contribution in [-0.4, -0.2) is 57.9 Å². The molecule has 2 aliphatic rings. The third-order valence-electron chi connectivity index (χ3n) is 8.80. The molecule has 2 amide bonds. The molecular formula is C32H39Cl2F3N6O3. The molecule has 1 aliphatic carbocycles. The van der Waals surface area contributed by atoms with E-state index in [2.05, 4.69) is 16.0 Å². The van der Waals surface area contributed by atoms with Crippen molar-refractivity contribution in [1.82, 2.24) is 20.2 Å². The van der Waals surface area contributed by atoms with Gasteiger partial charge in [0, 0.05) is 38.1 Å². The Bertz CT molecular complexity index is 1630. The average Bonchev–Trinajstić information content (AvgIpc) is 3.55. The maximum atomic E-state index is 13.6. The summed E-state index contributed by atoms with van der Waals surface area (Å²) in [5.41, 5.74) is 2.62. The minimum absolute atomic E-state index is 0.0246. The van der Waals surface area contributed by atoms with Gasteiger partial charge in [-0.1, -0.05) is 50.0 Å². The number of aromatic nitrogens is 2. The Morgan fingerprint density at radius 3 is 2.37 bits per heavy atom. The van der Waals surface area contributed by atoms with Gasteiger partial charge in [0.1, 0.15) is 0 Å². The topological polar surface area (TPSA) is 112 Å². The molecule has 5 rings (SSSR count). The predicted molar refractivity (Wildman–Crippen MR) is 174 cm³/mol. The first-order valence-electron chi connectivity index (χ1n) is 15.4. The second-order valence-electron chi connectivity index (χ2n) is 13.3. The van der Waals surface area contributed by atoms with Crippen molar-refractivity contribution in [1.29, 1.82) is 0 Å². The molecule has 0 spiro atoms. The number of hydrogen-bond acceptors (Lipinski definition) is 6. The quantitative estimate of drug-likeness (QED) is 0.221. The van der Waals surface area contributed by atoms with Gasteiger partial charge < -0.3 is 30.5 Å². The van der Waals surface area contributed by atoms with Crippen LogP contribution in [0.5, 0.6) is 0 Å². The number of nitrogens with one attached hydrogen (secondary N) is 3. The molecule has 0 bridgehead atoms. The fraction of sp³-hybridized carbons (Fsp3) is 0.531.